The molecule has 0 aromatic carbocycles. The molecule has 0 spiro atoms. The van der Waals surface area contributed by atoms with Gasteiger partial charge in [-0.25, -0.2) is 0 Å². The van der Waals surface area contributed by atoms with Gasteiger partial charge >= 0.3 is 0 Å². The van der Waals surface area contributed by atoms with E-state index in [0.717, 1.165) is 36.3 Å². The van der Waals surface area contributed by atoms with Crippen molar-refractivity contribution in [2.75, 3.05) is 26.8 Å². The van der Waals surface area contributed by atoms with Crippen LogP contribution in [-0.4, -0.2) is 37.7 Å². The number of rotatable bonds is 3. The van der Waals surface area contributed by atoms with Crippen molar-refractivity contribution in [3.63, 3.8) is 0 Å². The molecule has 0 unspecified atom stereocenters. The summed E-state index contributed by atoms with van der Waals surface area (Å²) in [5, 5.41) is 0. The summed E-state index contributed by atoms with van der Waals surface area (Å²) in [6.07, 6.45) is 5.82. The van der Waals surface area contributed by atoms with Crippen molar-refractivity contribution in [2.45, 2.75) is 38.6 Å². The minimum atomic E-state index is 0.906. The quantitative estimate of drug-likeness (QED) is 0.728. The van der Waals surface area contributed by atoms with Crippen molar-refractivity contribution in [1.29, 1.82) is 0 Å². The van der Waals surface area contributed by atoms with Crippen LogP contribution in [0.4, 0.5) is 0 Å². The van der Waals surface area contributed by atoms with Crippen molar-refractivity contribution in [3.8, 4) is 0 Å². The summed E-state index contributed by atoms with van der Waals surface area (Å²) in [5.41, 5.74) is 0. The zero-order valence-corrected chi connectivity index (χ0v) is 10.7. The summed E-state index contributed by atoms with van der Waals surface area (Å²) in [6, 6.07) is 0.923. The number of methoxy groups -OCH3 is 1. The van der Waals surface area contributed by atoms with Gasteiger partial charge in [0.25, 0.3) is 0 Å². The number of nitrogens with zero attached hydrogens (tertiary/aromatic N) is 1. The molecule has 3 aliphatic rings. The average molecular weight is 223 g/mol. The van der Waals surface area contributed by atoms with E-state index in [1.807, 2.05) is 7.11 Å². The maximum atomic E-state index is 5.28. The second-order valence-electron chi connectivity index (χ2n) is 6.31. The molecule has 0 aromatic heterocycles. The third kappa shape index (κ3) is 1.91. The predicted molar refractivity (Wildman–Crippen MR) is 65.3 cm³/mol. The Morgan fingerprint density at radius 3 is 2.25 bits per heavy atom. The van der Waals surface area contributed by atoms with Crippen molar-refractivity contribution in [1.82, 2.24) is 4.90 Å². The van der Waals surface area contributed by atoms with Gasteiger partial charge in [0.2, 0.25) is 0 Å². The van der Waals surface area contributed by atoms with Crippen molar-refractivity contribution in [2.24, 2.45) is 23.7 Å². The molecular weight excluding hydrogens is 198 g/mol. The molecule has 3 atom stereocenters. The molecule has 0 N–H and O–H groups in total. The van der Waals surface area contributed by atoms with Gasteiger partial charge in [0.15, 0.2) is 0 Å². The lowest BCUT2D eigenvalue weighted by atomic mass is 9.86. The molecule has 1 heterocycles. The lowest BCUT2D eigenvalue weighted by molar-refractivity contribution is 0.125. The van der Waals surface area contributed by atoms with Gasteiger partial charge in [-0.3, -0.25) is 4.90 Å². The van der Waals surface area contributed by atoms with Crippen molar-refractivity contribution < 1.29 is 4.74 Å². The zero-order valence-electron chi connectivity index (χ0n) is 10.7. The molecule has 0 bridgehead atoms. The van der Waals surface area contributed by atoms with Gasteiger partial charge in [-0.05, 0) is 49.4 Å². The van der Waals surface area contributed by atoms with Crippen LogP contribution >= 0.6 is 0 Å². The van der Waals surface area contributed by atoms with Crippen LogP contribution in [0.25, 0.3) is 0 Å². The maximum Gasteiger partial charge on any atom is 0.0496 e. The van der Waals surface area contributed by atoms with Gasteiger partial charge in [-0.1, -0.05) is 6.92 Å². The number of ether oxygens (including phenoxy) is 1. The first-order chi connectivity index (χ1) is 7.79. The first kappa shape index (κ1) is 11.0. The van der Waals surface area contributed by atoms with Crippen LogP contribution in [0.3, 0.4) is 0 Å². The first-order valence-electron chi connectivity index (χ1n) is 7.02. The van der Waals surface area contributed by atoms with Crippen LogP contribution in [0.15, 0.2) is 0 Å². The minimum absolute atomic E-state index is 0.906. The molecule has 0 radical (unpaired) electrons. The van der Waals surface area contributed by atoms with E-state index in [1.54, 1.807) is 0 Å². The van der Waals surface area contributed by atoms with Crippen LogP contribution in [0.5, 0.6) is 0 Å². The number of likely N-dealkylation sites (tertiary alicyclic amines) is 1. The van der Waals surface area contributed by atoms with Gasteiger partial charge in [-0.15, -0.1) is 0 Å². The largest absolute Gasteiger partial charge is 0.384 e. The standard InChI is InChI=1S/C14H25NO/c1-10-3-5-11(6-4-10)15-7-12-13(8-15)14(12)9-16-2/h10-14H,3-9H2,1-2H3/t10-,11+,12-,13+,14+. The van der Waals surface area contributed by atoms with Gasteiger partial charge < -0.3 is 4.74 Å². The Morgan fingerprint density at radius 1 is 1.06 bits per heavy atom. The Morgan fingerprint density at radius 2 is 1.69 bits per heavy atom. The fourth-order valence-corrected chi connectivity index (χ4v) is 4.03. The number of piperidine rings is 1. The molecular formula is C14H25NO. The molecule has 2 heteroatoms. The smallest absolute Gasteiger partial charge is 0.0496 e. The monoisotopic (exact) mass is 223 g/mol. The number of hydrogen-bond donors (Lipinski definition) is 0. The van der Waals surface area contributed by atoms with E-state index in [4.69, 9.17) is 4.74 Å². The Bertz CT molecular complexity index is 235. The SMILES string of the molecule is COC[C@@H]1[C@H]2CN([C@H]3CC[C@@H](C)CC3)C[C@@H]12. The zero-order chi connectivity index (χ0) is 11.1. The topological polar surface area (TPSA) is 12.5 Å². The highest BCUT2D eigenvalue weighted by Gasteiger charge is 2.56. The fourth-order valence-electron chi connectivity index (χ4n) is 4.03. The van der Waals surface area contributed by atoms with Gasteiger partial charge in [0, 0.05) is 32.8 Å². The predicted octanol–water partition coefficient (Wildman–Crippen LogP) is 2.39. The Hall–Kier alpha value is -0.0800. The van der Waals surface area contributed by atoms with E-state index >= 15 is 0 Å². The minimum Gasteiger partial charge on any atom is -0.384 e. The lowest BCUT2D eigenvalue weighted by Gasteiger charge is -2.34. The molecule has 0 amide bonds. The first-order valence-corrected chi connectivity index (χ1v) is 7.02. The summed E-state index contributed by atoms with van der Waals surface area (Å²) in [6.45, 7) is 6.16. The van der Waals surface area contributed by atoms with Crippen LogP contribution in [0.2, 0.25) is 0 Å². The van der Waals surface area contributed by atoms with E-state index in [-0.39, 0.29) is 0 Å². The molecule has 2 nitrogen and oxygen atoms in total. The van der Waals surface area contributed by atoms with E-state index < -0.39 is 0 Å². The van der Waals surface area contributed by atoms with E-state index in [0.29, 0.717) is 0 Å². The number of fused-ring (bicyclic) bond motifs is 1. The highest BCUT2D eigenvalue weighted by atomic mass is 16.5. The summed E-state index contributed by atoms with van der Waals surface area (Å²) in [7, 11) is 1.84. The average Bonchev–Trinajstić information content (AvgIpc) is 2.76. The van der Waals surface area contributed by atoms with E-state index in [1.165, 1.54) is 38.8 Å². The number of hydrogen-bond acceptors (Lipinski definition) is 2. The summed E-state index contributed by atoms with van der Waals surface area (Å²) in [5.74, 6) is 3.86. The lowest BCUT2D eigenvalue weighted by Crippen LogP contribution is -2.38. The van der Waals surface area contributed by atoms with Crippen LogP contribution in [0.1, 0.15) is 32.6 Å². The molecule has 2 aliphatic carbocycles. The van der Waals surface area contributed by atoms with Gasteiger partial charge in [-0.2, -0.15) is 0 Å². The maximum absolute atomic E-state index is 5.28. The molecule has 1 aliphatic heterocycles. The molecule has 1 saturated heterocycles. The Kier molecular flexibility index (Phi) is 2.97. The highest BCUT2D eigenvalue weighted by Crippen LogP contribution is 2.52. The van der Waals surface area contributed by atoms with Crippen molar-refractivity contribution in [3.05, 3.63) is 0 Å². The van der Waals surface area contributed by atoms with Crippen LogP contribution < -0.4 is 0 Å². The molecule has 92 valence electrons. The fraction of sp³-hybridized carbons (Fsp3) is 1.00. The van der Waals surface area contributed by atoms with Crippen LogP contribution in [0, 0.1) is 23.7 Å². The van der Waals surface area contributed by atoms with Gasteiger partial charge in [0.1, 0.15) is 0 Å². The summed E-state index contributed by atoms with van der Waals surface area (Å²) < 4.78 is 5.28. The Labute approximate surface area is 99.3 Å². The second kappa shape index (κ2) is 4.30. The molecule has 3 fully saturated rings. The van der Waals surface area contributed by atoms with Crippen molar-refractivity contribution >= 4 is 0 Å². The van der Waals surface area contributed by atoms with E-state index in [2.05, 4.69) is 11.8 Å². The summed E-state index contributed by atoms with van der Waals surface area (Å²) in [4.78, 5) is 2.79. The molecule has 2 saturated carbocycles. The normalized spacial score (nSPS) is 48.0. The highest BCUT2D eigenvalue weighted by molar-refractivity contribution is 5.06. The third-order valence-electron chi connectivity index (χ3n) is 5.26. The molecule has 3 rings (SSSR count). The summed E-state index contributed by atoms with van der Waals surface area (Å²) >= 11 is 0. The second-order valence-corrected chi connectivity index (χ2v) is 6.31. The Balaban J connectivity index is 1.46. The van der Waals surface area contributed by atoms with Gasteiger partial charge in [0.05, 0.1) is 0 Å². The third-order valence-corrected chi connectivity index (χ3v) is 5.26. The van der Waals surface area contributed by atoms with Crippen LogP contribution in [-0.2, 0) is 4.74 Å². The molecule has 16 heavy (non-hydrogen) atoms. The molecule has 0 aromatic rings. The van der Waals surface area contributed by atoms with E-state index in [9.17, 15) is 0 Å².